The number of guanidine groups is 2. The molecular formula is C58H73N15O11. The summed E-state index contributed by atoms with van der Waals surface area (Å²) in [6.45, 7) is -0.920. The fourth-order valence-electron chi connectivity index (χ4n) is 10.6. The van der Waals surface area contributed by atoms with Crippen molar-refractivity contribution in [3.63, 3.8) is 0 Å². The summed E-state index contributed by atoms with van der Waals surface area (Å²) in [6.07, 6.45) is 2.12. The van der Waals surface area contributed by atoms with E-state index in [0.29, 0.717) is 66.7 Å². The van der Waals surface area contributed by atoms with Crippen LogP contribution in [0.15, 0.2) is 119 Å². The van der Waals surface area contributed by atoms with Gasteiger partial charge in [0, 0.05) is 38.9 Å². The molecule has 0 aliphatic carbocycles. The average Bonchev–Trinajstić information content (AvgIpc) is 4.33. The molecule has 0 unspecified atom stereocenters. The van der Waals surface area contributed by atoms with E-state index >= 15 is 0 Å². The second-order valence-corrected chi connectivity index (χ2v) is 20.9. The van der Waals surface area contributed by atoms with Crippen LogP contribution in [0, 0.1) is 0 Å². The van der Waals surface area contributed by atoms with Crippen molar-refractivity contribution in [1.82, 2.24) is 41.3 Å². The van der Waals surface area contributed by atoms with Gasteiger partial charge in [0.2, 0.25) is 47.3 Å². The Morgan fingerprint density at radius 3 is 1.43 bits per heavy atom. The Bertz CT molecular complexity index is 3050. The number of nitrogens with two attached hydrogens (primary N) is 5. The Labute approximate surface area is 485 Å². The zero-order chi connectivity index (χ0) is 60.5. The summed E-state index contributed by atoms with van der Waals surface area (Å²) >= 11 is 0. The number of carbonyl (C=O) groups is 9. The number of aliphatic imine (C=N–C) groups is 2. The molecule has 0 aromatic heterocycles. The number of carboxylic acids is 1. The van der Waals surface area contributed by atoms with Crippen molar-refractivity contribution in [3.05, 3.63) is 131 Å². The van der Waals surface area contributed by atoms with Crippen molar-refractivity contribution < 1.29 is 53.4 Å². The number of benzene rings is 4. The predicted molar refractivity (Wildman–Crippen MR) is 309 cm³/mol. The third-order valence-corrected chi connectivity index (χ3v) is 14.8. The minimum absolute atomic E-state index is 0.0424. The lowest BCUT2D eigenvalue weighted by molar-refractivity contribution is -0.147. The van der Waals surface area contributed by atoms with E-state index in [1.54, 1.807) is 109 Å². The lowest BCUT2D eigenvalue weighted by atomic mass is 10.0. The van der Waals surface area contributed by atoms with Crippen molar-refractivity contribution in [2.24, 2.45) is 38.7 Å². The van der Waals surface area contributed by atoms with Crippen molar-refractivity contribution in [1.29, 1.82) is 0 Å². The molecule has 3 heterocycles. The van der Waals surface area contributed by atoms with Gasteiger partial charge >= 0.3 is 5.97 Å². The Balaban J connectivity index is 0.960. The summed E-state index contributed by atoms with van der Waals surface area (Å²) in [5.41, 5.74) is 31.8. The maximum Gasteiger partial charge on any atom is 0.326 e. The molecule has 8 atom stereocenters. The van der Waals surface area contributed by atoms with Crippen LogP contribution >= 0.6 is 0 Å². The monoisotopic (exact) mass is 1160 g/mol. The van der Waals surface area contributed by atoms with Crippen LogP contribution in [0.2, 0.25) is 0 Å². The number of nitrogens with zero attached hydrogens (tertiary/aromatic N) is 5. The van der Waals surface area contributed by atoms with Gasteiger partial charge in [-0.15, -0.1) is 0 Å². The van der Waals surface area contributed by atoms with E-state index in [2.05, 4.69) is 36.6 Å². The van der Waals surface area contributed by atoms with Gasteiger partial charge in [-0.3, -0.25) is 38.4 Å². The van der Waals surface area contributed by atoms with Crippen LogP contribution in [0.25, 0.3) is 0 Å². The highest BCUT2D eigenvalue weighted by Gasteiger charge is 2.44. The number of aliphatic hydroxyl groups excluding tert-OH is 1. The van der Waals surface area contributed by atoms with Gasteiger partial charge in [-0.25, -0.2) is 14.8 Å². The molecule has 4 aromatic rings. The van der Waals surface area contributed by atoms with Gasteiger partial charge in [0.1, 0.15) is 42.3 Å². The number of rotatable bonds is 25. The van der Waals surface area contributed by atoms with Gasteiger partial charge < -0.3 is 80.2 Å². The first-order chi connectivity index (χ1) is 40.3. The molecule has 84 heavy (non-hydrogen) atoms. The highest BCUT2D eigenvalue weighted by atomic mass is 16.4. The number of aliphatic carboxylic acids is 1. The number of hydrogen-bond donors (Lipinski definition) is 12. The lowest BCUT2D eigenvalue weighted by Gasteiger charge is -2.32. The molecule has 3 fully saturated rings. The van der Waals surface area contributed by atoms with Gasteiger partial charge in [0.15, 0.2) is 11.9 Å². The van der Waals surface area contributed by atoms with E-state index in [-0.39, 0.29) is 57.1 Å². The van der Waals surface area contributed by atoms with Crippen LogP contribution in [0.5, 0.6) is 0 Å². The van der Waals surface area contributed by atoms with E-state index in [4.69, 9.17) is 28.7 Å². The molecule has 0 radical (unpaired) electrons. The van der Waals surface area contributed by atoms with E-state index in [1.165, 1.54) is 14.7 Å². The fourth-order valence-corrected chi connectivity index (χ4v) is 10.6. The molecule has 4 aromatic carbocycles. The molecule has 7 rings (SSSR count). The number of carboxylic acid groups (broad SMARTS) is 1. The molecule has 0 spiro atoms. The first-order valence-corrected chi connectivity index (χ1v) is 27.7. The largest absolute Gasteiger partial charge is 0.480 e. The lowest BCUT2D eigenvalue weighted by Crippen LogP contribution is -2.60. The van der Waals surface area contributed by atoms with Crippen molar-refractivity contribution >= 4 is 76.5 Å². The van der Waals surface area contributed by atoms with Crippen LogP contribution in [-0.2, 0) is 68.8 Å². The van der Waals surface area contributed by atoms with Gasteiger partial charge in [-0.05, 0) is 91.5 Å². The normalized spacial score (nSPS) is 18.2. The van der Waals surface area contributed by atoms with E-state index < -0.39 is 115 Å². The van der Waals surface area contributed by atoms with Crippen LogP contribution in [0.3, 0.4) is 0 Å². The quantitative estimate of drug-likeness (QED) is 0.0257. The second kappa shape index (κ2) is 29.5. The zero-order valence-corrected chi connectivity index (χ0v) is 46.3. The van der Waals surface area contributed by atoms with Crippen molar-refractivity contribution in [2.45, 2.75) is 113 Å². The van der Waals surface area contributed by atoms with Gasteiger partial charge in [0.05, 0.1) is 30.6 Å². The van der Waals surface area contributed by atoms with E-state index in [1.807, 2.05) is 0 Å². The third-order valence-electron chi connectivity index (χ3n) is 14.8. The minimum atomic E-state index is -1.60. The topological polar surface area (TPSA) is 419 Å². The number of amides is 8. The molecule has 8 amide bonds. The first kappa shape index (κ1) is 62.2. The summed E-state index contributed by atoms with van der Waals surface area (Å²) in [6, 6.07) is 21.0. The van der Waals surface area contributed by atoms with Gasteiger partial charge in [0.25, 0.3) is 0 Å². The number of hydrogen-bond acceptors (Lipinski definition) is 13. The molecule has 3 aliphatic rings. The van der Waals surface area contributed by atoms with Crippen LogP contribution in [-0.4, -0.2) is 171 Å². The van der Waals surface area contributed by atoms with Crippen LogP contribution < -0.4 is 55.3 Å². The Morgan fingerprint density at radius 1 is 0.500 bits per heavy atom. The molecule has 3 aliphatic heterocycles. The molecule has 0 bridgehead atoms. The molecule has 0 saturated carbocycles. The highest BCUT2D eigenvalue weighted by molar-refractivity contribution is 5.98. The average molecular weight is 1160 g/mol. The number of nitrogens with one attached hydrogen (secondary N) is 5. The first-order valence-electron chi connectivity index (χ1n) is 27.7. The van der Waals surface area contributed by atoms with Crippen molar-refractivity contribution in [3.8, 4) is 0 Å². The number of likely N-dealkylation sites (tertiary alicyclic amines) is 3. The maximum absolute atomic E-state index is 14.3. The SMILES string of the molecule is NC(N)=Nc1ccc(C[C@@H](N)C(=O)N2CCC[C@H]2C(=O)N2CCC[C@H]2C(=O)NCC(=O)N[C@@H](Cc2ccccc2)C(=O)N[C@@H](CO)C(=O)N2CCC[C@H]2C(=O)N[C@@H](Cc2ccccc2)C(=O)N[C@H](Cc2ccc(N=C(N)N)cc2)C(=O)O)cc1. The highest BCUT2D eigenvalue weighted by Crippen LogP contribution is 2.27. The molecular weight excluding hydrogens is 1080 g/mol. The maximum atomic E-state index is 14.3. The van der Waals surface area contributed by atoms with Gasteiger partial charge in [-0.2, -0.15) is 0 Å². The predicted octanol–water partition coefficient (Wildman–Crippen LogP) is -1.80. The standard InChI is InChI=1S/C58H73N15O11/c59-40(28-36-17-21-38(22-18-36)65-57(60)61)53(80)73-27-9-16-47(73)55(82)72-26-7-14-45(72)51(78)64-32-48(75)67-41(29-34-10-3-1-4-11-34)49(76)70-44(33-74)54(81)71-25-8-15-46(71)52(79)68-42(30-35-12-5-2-6-13-35)50(77)69-43(56(83)84)31-37-19-23-39(24-20-37)66-58(62)63/h1-6,10-13,17-24,40-47,74H,7-9,14-16,25-33,59H2,(H,64,78)(H,67,75)(H,68,79)(H,69,77)(H,70,76)(H,83,84)(H4,60,61,65)(H4,62,63,66)/t40-,41+,42+,43-,44+,45+,46+,47+/m1/s1. The van der Waals surface area contributed by atoms with Crippen LogP contribution in [0.4, 0.5) is 11.4 Å². The Hall–Kier alpha value is -9.43. The van der Waals surface area contributed by atoms with E-state index in [9.17, 15) is 53.4 Å². The molecule has 3 saturated heterocycles. The molecule has 26 nitrogen and oxygen atoms in total. The molecule has 26 heteroatoms. The third kappa shape index (κ3) is 17.1. The van der Waals surface area contributed by atoms with Crippen molar-refractivity contribution in [2.75, 3.05) is 32.8 Å². The van der Waals surface area contributed by atoms with E-state index in [0.717, 1.165) is 5.56 Å². The number of aliphatic hydroxyl groups is 1. The summed E-state index contributed by atoms with van der Waals surface area (Å²) in [7, 11) is 0. The van der Waals surface area contributed by atoms with Crippen LogP contribution in [0.1, 0.15) is 60.8 Å². The molecule has 17 N–H and O–H groups in total. The number of carbonyl (C=O) groups excluding carboxylic acids is 8. The smallest absolute Gasteiger partial charge is 0.326 e. The molecule has 446 valence electrons. The minimum Gasteiger partial charge on any atom is -0.480 e. The summed E-state index contributed by atoms with van der Waals surface area (Å²) < 4.78 is 0. The fraction of sp³-hybridized carbons (Fsp3) is 0.397. The zero-order valence-electron chi connectivity index (χ0n) is 46.3. The summed E-state index contributed by atoms with van der Waals surface area (Å²) in [5.74, 6) is -7.05. The second-order valence-electron chi connectivity index (χ2n) is 20.9. The Kier molecular flexibility index (Phi) is 21.8. The summed E-state index contributed by atoms with van der Waals surface area (Å²) in [4.78, 5) is 136. The Morgan fingerprint density at radius 2 is 0.929 bits per heavy atom. The summed E-state index contributed by atoms with van der Waals surface area (Å²) in [5, 5.41) is 33.8. The van der Waals surface area contributed by atoms with Gasteiger partial charge in [-0.1, -0.05) is 84.9 Å².